The Labute approximate surface area is 145 Å². The molecule has 0 atom stereocenters. The molecule has 0 saturated heterocycles. The number of carbonyl (C=O) groups excluding carboxylic acids is 1. The maximum Gasteiger partial charge on any atom is 0.323 e. The zero-order valence-electron chi connectivity index (χ0n) is 14.3. The van der Waals surface area contributed by atoms with Crippen molar-refractivity contribution in [2.75, 3.05) is 23.5 Å². The molecule has 4 N–H and O–H groups in total. The number of rotatable bonds is 5. The minimum absolute atomic E-state index is 0.0211. The molecule has 0 bridgehead atoms. The third kappa shape index (κ3) is 4.70. The van der Waals surface area contributed by atoms with Gasteiger partial charge in [0, 0.05) is 4.88 Å². The minimum atomic E-state index is -0.357. The van der Waals surface area contributed by atoms with Crippen molar-refractivity contribution in [2.24, 2.45) is 0 Å². The Bertz CT molecular complexity index is 707. The summed E-state index contributed by atoms with van der Waals surface area (Å²) in [4.78, 5) is 24.0. The van der Waals surface area contributed by atoms with Crippen LogP contribution in [0.25, 0.3) is 0 Å². The molecule has 0 aliphatic carbocycles. The maximum absolute atomic E-state index is 12.3. The Hall–Kier alpha value is -2.09. The van der Waals surface area contributed by atoms with Crippen LogP contribution in [0.4, 0.5) is 21.9 Å². The van der Waals surface area contributed by atoms with Gasteiger partial charge in [-0.15, -0.1) is 11.3 Å². The molecule has 2 aromatic rings. The molecule has 130 valence electrons. The molecule has 0 saturated carbocycles. The van der Waals surface area contributed by atoms with Gasteiger partial charge in [0.05, 0.1) is 29.0 Å². The number of carbonyl (C=O) groups is 1. The average molecular weight is 349 g/mol. The van der Waals surface area contributed by atoms with Crippen molar-refractivity contribution in [2.45, 2.75) is 32.8 Å². The van der Waals surface area contributed by atoms with E-state index in [2.05, 4.69) is 36.3 Å². The first-order chi connectivity index (χ1) is 11.3. The van der Waals surface area contributed by atoms with E-state index in [0.29, 0.717) is 17.1 Å². The van der Waals surface area contributed by atoms with Crippen LogP contribution in [-0.2, 0) is 21.8 Å². The Morgan fingerprint density at radius 3 is 2.50 bits per heavy atom. The predicted molar refractivity (Wildman–Crippen MR) is 98.3 cm³/mol. The Morgan fingerprint density at radius 2 is 1.88 bits per heavy atom. The van der Waals surface area contributed by atoms with Gasteiger partial charge in [0.1, 0.15) is 6.61 Å². The van der Waals surface area contributed by atoms with Crippen LogP contribution in [0.1, 0.15) is 30.5 Å². The van der Waals surface area contributed by atoms with Crippen LogP contribution < -0.4 is 16.4 Å². The fourth-order valence-corrected chi connectivity index (χ4v) is 3.09. The summed E-state index contributed by atoms with van der Waals surface area (Å²) in [6.45, 7) is 6.62. The normalized spacial score (nSPS) is 11.3. The molecule has 2 amide bonds. The number of hydrogen-bond acceptors (Lipinski definition) is 5. The average Bonchev–Trinajstić information content (AvgIpc) is 2.90. The number of nitrogen functional groups attached to an aromatic ring is 1. The molecule has 7 heteroatoms. The second kappa shape index (κ2) is 7.65. The minimum Gasteiger partial charge on any atom is -0.397 e. The molecule has 24 heavy (non-hydrogen) atoms. The molecule has 1 heterocycles. The van der Waals surface area contributed by atoms with Crippen LogP contribution in [0.5, 0.6) is 0 Å². The number of para-hydroxylation sites is 2. The van der Waals surface area contributed by atoms with Gasteiger partial charge in [-0.05, 0) is 23.6 Å². The smallest absolute Gasteiger partial charge is 0.323 e. The molecule has 6 nitrogen and oxygen atoms in total. The quantitative estimate of drug-likeness (QED) is 0.425. The van der Waals surface area contributed by atoms with Gasteiger partial charge in [0.15, 0.2) is 0 Å². The van der Waals surface area contributed by atoms with Crippen LogP contribution in [0.15, 0.2) is 30.3 Å². The zero-order valence-corrected chi connectivity index (χ0v) is 15.1. The van der Waals surface area contributed by atoms with Gasteiger partial charge in [0.25, 0.3) is 0 Å². The van der Waals surface area contributed by atoms with Gasteiger partial charge in [-0.1, -0.05) is 32.9 Å². The van der Waals surface area contributed by atoms with E-state index in [-0.39, 0.29) is 18.1 Å². The number of amides is 2. The van der Waals surface area contributed by atoms with Gasteiger partial charge >= 0.3 is 6.03 Å². The van der Waals surface area contributed by atoms with Gasteiger partial charge in [-0.2, -0.15) is 0 Å². The zero-order chi connectivity index (χ0) is 17.7. The van der Waals surface area contributed by atoms with Gasteiger partial charge in [0.2, 0.25) is 0 Å². The lowest BCUT2D eigenvalue weighted by atomic mass is 9.94. The molecule has 0 aliphatic rings. The van der Waals surface area contributed by atoms with Crippen LogP contribution in [0.3, 0.4) is 0 Å². The Morgan fingerprint density at radius 1 is 1.21 bits per heavy atom. The third-order valence-electron chi connectivity index (χ3n) is 3.31. The molecule has 0 spiro atoms. The Kier molecular flexibility index (Phi) is 5.82. The summed E-state index contributed by atoms with van der Waals surface area (Å²) in [6, 6.07) is 8.71. The van der Waals surface area contributed by atoms with E-state index in [1.54, 1.807) is 23.5 Å². The Balaban J connectivity index is 2.16. The van der Waals surface area contributed by atoms with Crippen molar-refractivity contribution >= 4 is 34.4 Å². The van der Waals surface area contributed by atoms with E-state index in [1.807, 2.05) is 18.2 Å². The highest BCUT2D eigenvalue weighted by atomic mass is 32.1. The van der Waals surface area contributed by atoms with Crippen LogP contribution in [-0.4, -0.2) is 13.1 Å². The molecule has 1 aromatic heterocycles. The molecule has 0 radical (unpaired) electrons. The van der Waals surface area contributed by atoms with Gasteiger partial charge in [-0.25, -0.2) is 14.6 Å². The van der Waals surface area contributed by atoms with Crippen molar-refractivity contribution in [3.05, 3.63) is 40.1 Å². The summed E-state index contributed by atoms with van der Waals surface area (Å²) < 4.78 is 0. The lowest BCUT2D eigenvalue weighted by molar-refractivity contribution is -0.281. The van der Waals surface area contributed by atoms with E-state index in [4.69, 9.17) is 10.6 Å². The molecular formula is C17H23N3O3S. The van der Waals surface area contributed by atoms with Crippen LogP contribution >= 0.6 is 11.3 Å². The fourth-order valence-electron chi connectivity index (χ4n) is 2.01. The number of nitrogens with one attached hydrogen (secondary N) is 2. The van der Waals surface area contributed by atoms with Crippen molar-refractivity contribution in [3.63, 3.8) is 0 Å². The van der Waals surface area contributed by atoms with Crippen LogP contribution in [0, 0.1) is 0 Å². The van der Waals surface area contributed by atoms with Crippen molar-refractivity contribution in [1.29, 1.82) is 0 Å². The SMILES string of the molecule is COOCc1sc(C(C)(C)C)cc1NC(=O)Nc1ccccc1N. The first-order valence-corrected chi connectivity index (χ1v) is 8.34. The van der Waals surface area contributed by atoms with Crippen molar-refractivity contribution < 1.29 is 14.6 Å². The third-order valence-corrected chi connectivity index (χ3v) is 4.85. The van der Waals surface area contributed by atoms with Gasteiger partial charge in [-0.3, -0.25) is 0 Å². The molecule has 0 fully saturated rings. The highest BCUT2D eigenvalue weighted by Crippen LogP contribution is 2.36. The van der Waals surface area contributed by atoms with Crippen molar-refractivity contribution in [1.82, 2.24) is 0 Å². The number of anilines is 3. The van der Waals surface area contributed by atoms with E-state index in [1.165, 1.54) is 7.11 Å². The summed E-state index contributed by atoms with van der Waals surface area (Å²) in [6.07, 6.45) is 0. The predicted octanol–water partition coefficient (Wildman–Crippen LogP) is 4.35. The summed E-state index contributed by atoms with van der Waals surface area (Å²) >= 11 is 1.59. The maximum atomic E-state index is 12.3. The molecule has 2 rings (SSSR count). The summed E-state index contributed by atoms with van der Waals surface area (Å²) in [7, 11) is 1.45. The van der Waals surface area contributed by atoms with Gasteiger partial charge < -0.3 is 16.4 Å². The number of hydrogen-bond donors (Lipinski definition) is 3. The van der Waals surface area contributed by atoms with Crippen molar-refractivity contribution in [3.8, 4) is 0 Å². The summed E-state index contributed by atoms with van der Waals surface area (Å²) in [5.41, 5.74) is 7.60. The largest absolute Gasteiger partial charge is 0.397 e. The number of nitrogens with two attached hydrogens (primary N) is 1. The number of urea groups is 1. The van der Waals surface area contributed by atoms with E-state index in [9.17, 15) is 4.79 Å². The summed E-state index contributed by atoms with van der Waals surface area (Å²) in [5.74, 6) is 0. The fraction of sp³-hybridized carbons (Fsp3) is 0.353. The standard InChI is InChI=1S/C17H23N3O3S/c1-17(2,3)15-9-13(14(24-15)10-23-22-4)20-16(21)19-12-8-6-5-7-11(12)18/h5-9H,10,18H2,1-4H3,(H2,19,20,21). The van der Waals surface area contributed by atoms with Crippen LogP contribution in [0.2, 0.25) is 0 Å². The number of benzene rings is 1. The molecule has 1 aromatic carbocycles. The monoisotopic (exact) mass is 349 g/mol. The second-order valence-electron chi connectivity index (χ2n) is 6.29. The molecule has 0 aliphatic heterocycles. The summed E-state index contributed by atoms with van der Waals surface area (Å²) in [5, 5.41) is 5.60. The first-order valence-electron chi connectivity index (χ1n) is 7.52. The lowest BCUT2D eigenvalue weighted by Crippen LogP contribution is -2.20. The van der Waals surface area contributed by atoms with E-state index >= 15 is 0 Å². The first kappa shape index (κ1) is 18.3. The van der Waals surface area contributed by atoms with E-state index in [0.717, 1.165) is 9.75 Å². The van der Waals surface area contributed by atoms with E-state index < -0.39 is 0 Å². The second-order valence-corrected chi connectivity index (χ2v) is 7.43. The highest BCUT2D eigenvalue weighted by molar-refractivity contribution is 7.12. The molecule has 0 unspecified atom stereocenters. The topological polar surface area (TPSA) is 85.6 Å². The highest BCUT2D eigenvalue weighted by Gasteiger charge is 2.21. The molecular weight excluding hydrogens is 326 g/mol. The number of thiophene rings is 1. The lowest BCUT2D eigenvalue weighted by Gasteiger charge is -2.15.